The lowest BCUT2D eigenvalue weighted by Crippen LogP contribution is -2.67. The summed E-state index contributed by atoms with van der Waals surface area (Å²) in [6.07, 6.45) is -42.4. The van der Waals surface area contributed by atoms with E-state index in [2.05, 4.69) is 0 Å². The minimum absolute atomic E-state index is 0.0461. The molecular weight excluding hydrogens is 996 g/mol. The molecule has 410 valence electrons. The second-order valence-electron chi connectivity index (χ2n) is 18.3. The van der Waals surface area contributed by atoms with Crippen LogP contribution in [0.1, 0.15) is 0 Å². The fraction of sp³-hybridized carbons (Fsp3) is 1.00. The molecule has 0 spiro atoms. The van der Waals surface area contributed by atoms with Crippen LogP contribution in [0.4, 0.5) is 0 Å². The summed E-state index contributed by atoms with van der Waals surface area (Å²) in [6.45, 7) is -2.78. The zero-order valence-electron chi connectivity index (χ0n) is 38.1. The highest BCUT2D eigenvalue weighted by atomic mass is 32.3. The number of aliphatic hydroxyl groups excluding tert-OH is 10. The van der Waals surface area contributed by atoms with Crippen LogP contribution < -0.4 is 0 Å². The highest BCUT2D eigenvalue weighted by Gasteiger charge is 2.62. The molecule has 31 nitrogen and oxygen atoms in total. The Bertz CT molecular complexity index is 1860. The van der Waals surface area contributed by atoms with Crippen LogP contribution in [0.25, 0.3) is 0 Å². The van der Waals surface area contributed by atoms with Crippen molar-refractivity contribution in [2.75, 3.05) is 61.0 Å². The van der Waals surface area contributed by atoms with Crippen LogP contribution in [0.15, 0.2) is 0 Å². The number of hydrogen-bond donors (Lipinski definition) is 11. The summed E-state index contributed by atoms with van der Waals surface area (Å²) < 4.78 is 138. The molecule has 9 rings (SSSR count). The summed E-state index contributed by atoms with van der Waals surface area (Å²) in [4.78, 5) is 0. The number of rotatable bonds is 18. The van der Waals surface area contributed by atoms with Gasteiger partial charge in [-0.05, 0) is 0 Å². The minimum atomic E-state index is -5.27. The first-order valence-corrected chi connectivity index (χ1v) is 24.2. The van der Waals surface area contributed by atoms with Crippen molar-refractivity contribution in [1.82, 2.24) is 0 Å². The molecule has 0 aromatic rings. The van der Waals surface area contributed by atoms with Crippen molar-refractivity contribution in [2.45, 2.75) is 184 Å². The van der Waals surface area contributed by atoms with Crippen LogP contribution in [-0.2, 0) is 95.1 Å². The van der Waals surface area contributed by atoms with Gasteiger partial charge in [-0.25, -0.2) is 4.18 Å². The summed E-state index contributed by atoms with van der Waals surface area (Å²) in [7, 11) is -1.45. The topological polar surface area (TPSA) is 423 Å². The average molecular weight is 1060 g/mol. The van der Waals surface area contributed by atoms with Gasteiger partial charge < -0.3 is 132 Å². The Morgan fingerprint density at radius 1 is 0.408 bits per heavy atom. The Balaban J connectivity index is 0.873. The van der Waals surface area contributed by atoms with Gasteiger partial charge in [-0.3, -0.25) is 4.55 Å². The van der Waals surface area contributed by atoms with Gasteiger partial charge in [0.25, 0.3) is 0 Å². The van der Waals surface area contributed by atoms with Crippen LogP contribution in [-0.4, -0.2) is 309 Å². The monoisotopic (exact) mass is 1060 g/mol. The molecule has 0 saturated carbocycles. The Morgan fingerprint density at radius 2 is 0.803 bits per heavy atom. The first-order valence-electron chi connectivity index (χ1n) is 22.8. The van der Waals surface area contributed by atoms with Crippen molar-refractivity contribution in [3.63, 3.8) is 0 Å². The quantitative estimate of drug-likeness (QED) is 0.0568. The molecule has 9 saturated heterocycles. The molecule has 0 radical (unpaired) electrons. The molecule has 9 aliphatic heterocycles. The molecule has 9 heterocycles. The maximum Gasteiger partial charge on any atom is 0.397 e. The molecular formula is C39H62O31S. The molecule has 71 heavy (non-hydrogen) atoms. The molecule has 9 aliphatic rings. The predicted octanol–water partition coefficient (Wildman–Crippen LogP) is -9.17. The van der Waals surface area contributed by atoms with E-state index < -0.39 is 214 Å². The second-order valence-corrected chi connectivity index (χ2v) is 19.3. The maximum absolute atomic E-state index is 12.0. The molecule has 0 aromatic heterocycles. The third-order valence-electron chi connectivity index (χ3n) is 14.1. The zero-order valence-corrected chi connectivity index (χ0v) is 38.9. The van der Waals surface area contributed by atoms with Crippen LogP contribution in [0.5, 0.6) is 0 Å². The molecule has 30 atom stereocenters. The van der Waals surface area contributed by atoms with Crippen molar-refractivity contribution in [3.8, 4) is 0 Å². The first kappa shape index (κ1) is 54.6. The predicted molar refractivity (Wildman–Crippen MR) is 214 cm³/mol. The van der Waals surface area contributed by atoms with E-state index in [1.807, 2.05) is 0 Å². The van der Waals surface area contributed by atoms with Crippen molar-refractivity contribution in [3.05, 3.63) is 0 Å². The minimum Gasteiger partial charge on any atom is -0.394 e. The third kappa shape index (κ3) is 10.5. The standard InChI is InChI=1S/C39H62O31S/c1-53-31-27-18(45)13(7-56-27)62-37(31)69-28-21(48)36(61-12(6-42)24(28)70-71(50,51)52)66-23-15-9-58-30(23)33(55-3)39(64-15)68-26-17(44)11(5-41)60-35(20(26)47)65-22-14-8-57-29(22)32(54-2)38(63-14)67-25-16(43)10(4-40)59-34(49)19(25)46/h10-49H,4-9H2,1-3H3,(H,50,51,52)/t10-,11-,12-,13+,14+,15+,16+,17+,18-,19-,20-,21-,22-,23-,24+,25+,26+,27-,28-,29-,30-,31+,32+,33+,34?,35+,36+,37+,38+,39+/m1/s1. The third-order valence-corrected chi connectivity index (χ3v) is 14.6. The lowest BCUT2D eigenvalue weighted by Gasteiger charge is -2.48. The number of hydrogen-bond acceptors (Lipinski definition) is 30. The number of ether oxygens (including phenoxy) is 17. The van der Waals surface area contributed by atoms with Crippen molar-refractivity contribution >= 4 is 10.4 Å². The van der Waals surface area contributed by atoms with Gasteiger partial charge in [0.05, 0.1) is 39.6 Å². The zero-order chi connectivity index (χ0) is 50.8. The van der Waals surface area contributed by atoms with Gasteiger partial charge in [0, 0.05) is 21.3 Å². The second kappa shape index (κ2) is 22.4. The van der Waals surface area contributed by atoms with Gasteiger partial charge >= 0.3 is 10.4 Å². The van der Waals surface area contributed by atoms with E-state index in [9.17, 15) is 64.0 Å². The molecule has 6 bridgehead atoms. The fourth-order valence-electron chi connectivity index (χ4n) is 10.5. The van der Waals surface area contributed by atoms with Crippen molar-refractivity contribution in [2.24, 2.45) is 0 Å². The Hall–Kier alpha value is -1.21. The van der Waals surface area contributed by atoms with Gasteiger partial charge in [-0.2, -0.15) is 8.42 Å². The van der Waals surface area contributed by atoms with E-state index in [1.54, 1.807) is 0 Å². The summed E-state index contributed by atoms with van der Waals surface area (Å²) >= 11 is 0. The van der Waals surface area contributed by atoms with Gasteiger partial charge in [0.1, 0.15) is 146 Å². The fourth-order valence-corrected chi connectivity index (χ4v) is 11.1. The molecule has 1 unspecified atom stereocenters. The van der Waals surface area contributed by atoms with Crippen LogP contribution >= 0.6 is 0 Å². The van der Waals surface area contributed by atoms with E-state index in [0.717, 1.165) is 0 Å². The highest BCUT2D eigenvalue weighted by Crippen LogP contribution is 2.42. The smallest absolute Gasteiger partial charge is 0.394 e. The number of methoxy groups -OCH3 is 3. The average Bonchev–Trinajstić information content (AvgIpc) is 3.88. The normalized spacial score (nSPS) is 53.0. The molecule has 9 fully saturated rings. The van der Waals surface area contributed by atoms with Gasteiger partial charge in [-0.15, -0.1) is 0 Å². The van der Waals surface area contributed by atoms with E-state index in [-0.39, 0.29) is 19.8 Å². The summed E-state index contributed by atoms with van der Waals surface area (Å²) in [5.74, 6) is 0. The number of aliphatic hydroxyl groups is 10. The van der Waals surface area contributed by atoms with Gasteiger partial charge in [-0.1, -0.05) is 0 Å². The largest absolute Gasteiger partial charge is 0.397 e. The summed E-state index contributed by atoms with van der Waals surface area (Å²) in [6, 6.07) is 0. The van der Waals surface area contributed by atoms with Crippen LogP contribution in [0.2, 0.25) is 0 Å². The van der Waals surface area contributed by atoms with Gasteiger partial charge in [0.2, 0.25) is 0 Å². The van der Waals surface area contributed by atoms with E-state index >= 15 is 0 Å². The van der Waals surface area contributed by atoms with E-state index in [1.165, 1.54) is 21.3 Å². The van der Waals surface area contributed by atoms with Gasteiger partial charge in [0.15, 0.2) is 37.7 Å². The van der Waals surface area contributed by atoms with E-state index in [0.29, 0.717) is 0 Å². The lowest BCUT2D eigenvalue weighted by molar-refractivity contribution is -0.381. The molecule has 0 amide bonds. The highest BCUT2D eigenvalue weighted by molar-refractivity contribution is 7.80. The summed E-state index contributed by atoms with van der Waals surface area (Å²) in [5, 5.41) is 107. The Kier molecular flexibility index (Phi) is 17.2. The van der Waals surface area contributed by atoms with E-state index in [4.69, 9.17) is 84.7 Å². The summed E-state index contributed by atoms with van der Waals surface area (Å²) in [5.41, 5.74) is 0. The maximum atomic E-state index is 12.0. The Morgan fingerprint density at radius 3 is 1.30 bits per heavy atom. The van der Waals surface area contributed by atoms with Crippen molar-refractivity contribution < 1.29 is 149 Å². The molecule has 0 aromatic carbocycles. The number of fused-ring (bicyclic) bond motifs is 6. The van der Waals surface area contributed by atoms with Crippen molar-refractivity contribution in [1.29, 1.82) is 0 Å². The molecule has 32 heteroatoms. The van der Waals surface area contributed by atoms with Crippen LogP contribution in [0.3, 0.4) is 0 Å². The Labute approximate surface area is 403 Å². The van der Waals surface area contributed by atoms with Crippen LogP contribution in [0, 0.1) is 0 Å². The lowest BCUT2D eigenvalue weighted by atomic mass is 9.96. The SMILES string of the molecule is CO[C@@H]1[C@H](O[C@H]2[C@@H](O)[C@@H](CO)OC(O)[C@@H]2O)O[C@H]2CO[C@@H]1[C@@H]2O[C@@H]1O[C@H](CO)[C@H](O)[C@H](O[C@@H]2O[C@H]3CO[C@@H]([C@@H]2OC)[C@@H]3O[C@@H]2O[C@H](CO)[C@H](OS(=O)(=O)O)[C@H](O[C@@H]3O[C@H]4CO[C@H]([C@@H]4O)[C@@H]3OC)[C@H]2O)[C@H]1O. The molecule has 11 N–H and O–H groups in total. The first-order chi connectivity index (χ1) is 33.9. The molecule has 0 aliphatic carbocycles.